The number of carbonyl (C=O) groups excluding carboxylic acids is 2. The predicted molar refractivity (Wildman–Crippen MR) is 165 cm³/mol. The summed E-state index contributed by atoms with van der Waals surface area (Å²) < 4.78 is 12.0. The lowest BCUT2D eigenvalue weighted by atomic mass is 10.2. The Bertz CT molecular complexity index is 1320. The van der Waals surface area contributed by atoms with Gasteiger partial charge >= 0.3 is 6.09 Å². The number of rotatable bonds is 10. The Morgan fingerprint density at radius 1 is 1.20 bits per heavy atom. The van der Waals surface area contributed by atoms with Crippen molar-refractivity contribution in [1.29, 1.82) is 0 Å². The van der Waals surface area contributed by atoms with Crippen LogP contribution in [0.3, 0.4) is 0 Å². The van der Waals surface area contributed by atoms with Crippen LogP contribution in [0.25, 0.3) is 0 Å². The third kappa shape index (κ3) is 7.77. The summed E-state index contributed by atoms with van der Waals surface area (Å²) in [5.41, 5.74) is 2.01. The number of ether oxygens (including phenoxy) is 2. The minimum Gasteiger partial charge on any atom is -0.485 e. The van der Waals surface area contributed by atoms with E-state index in [-0.39, 0.29) is 18.1 Å². The van der Waals surface area contributed by atoms with Crippen LogP contribution in [0, 0.1) is 0 Å². The van der Waals surface area contributed by atoms with E-state index < -0.39 is 8.07 Å². The largest absolute Gasteiger partial charge is 0.485 e. The van der Waals surface area contributed by atoms with Gasteiger partial charge in [-0.1, -0.05) is 43.4 Å². The Morgan fingerprint density at radius 3 is 2.73 bits per heavy atom. The van der Waals surface area contributed by atoms with Gasteiger partial charge in [-0.3, -0.25) is 4.79 Å². The predicted octanol–water partition coefficient (Wildman–Crippen LogP) is 6.81. The standard InChI is InChI=1S/C29H37ClN4O4SSi/c1-32-13-14-34(28(35)23-20-31-27(30)19-24(23)32)21-8-6-9-22(18-21)38-25(26-10-7-16-39-26)11-12-33(2)29(36)37-15-17-40(3,4)5/h6-10,16,18-20,25H,11-15,17H2,1-5H3. The number of likely N-dealkylation sites (N-methyl/N-ethyl adjacent to an activating group) is 1. The highest BCUT2D eigenvalue weighted by Gasteiger charge is 2.27. The number of aromatic nitrogens is 1. The number of anilines is 2. The molecule has 2 aromatic heterocycles. The fourth-order valence-electron chi connectivity index (χ4n) is 4.34. The molecule has 0 N–H and O–H groups in total. The second-order valence-corrected chi connectivity index (χ2v) is 18.1. The summed E-state index contributed by atoms with van der Waals surface area (Å²) in [4.78, 5) is 36.6. The molecule has 11 heteroatoms. The van der Waals surface area contributed by atoms with Crippen molar-refractivity contribution < 1.29 is 19.1 Å². The van der Waals surface area contributed by atoms with Gasteiger partial charge in [0.05, 0.1) is 17.9 Å². The van der Waals surface area contributed by atoms with Crippen LogP contribution in [-0.2, 0) is 4.74 Å². The van der Waals surface area contributed by atoms with Crippen molar-refractivity contribution in [3.63, 3.8) is 0 Å². The Morgan fingerprint density at radius 2 is 2.00 bits per heavy atom. The van der Waals surface area contributed by atoms with Crippen molar-refractivity contribution in [3.05, 3.63) is 69.6 Å². The number of hydrogen-bond donors (Lipinski definition) is 0. The number of thiophene rings is 1. The zero-order valence-corrected chi connectivity index (χ0v) is 26.3. The van der Waals surface area contributed by atoms with Gasteiger partial charge in [-0.25, -0.2) is 9.78 Å². The van der Waals surface area contributed by atoms with E-state index in [1.54, 1.807) is 34.3 Å². The molecule has 1 atom stereocenters. The van der Waals surface area contributed by atoms with E-state index in [1.165, 1.54) is 6.20 Å². The average Bonchev–Trinajstić information content (AvgIpc) is 3.41. The number of carbonyl (C=O) groups is 2. The first kappa shape index (κ1) is 29.9. The molecule has 0 aliphatic carbocycles. The van der Waals surface area contributed by atoms with Crippen LogP contribution in [0.15, 0.2) is 54.0 Å². The first-order chi connectivity index (χ1) is 19.0. The quantitative estimate of drug-likeness (QED) is 0.188. The maximum absolute atomic E-state index is 13.5. The van der Waals surface area contributed by atoms with Gasteiger partial charge in [0.1, 0.15) is 17.0 Å². The summed E-state index contributed by atoms with van der Waals surface area (Å²) in [6.07, 6.45) is 1.56. The van der Waals surface area contributed by atoms with Crippen molar-refractivity contribution in [1.82, 2.24) is 9.88 Å². The van der Waals surface area contributed by atoms with E-state index in [9.17, 15) is 9.59 Å². The molecule has 214 valence electrons. The van der Waals surface area contributed by atoms with Crippen LogP contribution < -0.4 is 14.5 Å². The smallest absolute Gasteiger partial charge is 0.409 e. The number of pyridine rings is 1. The molecule has 0 radical (unpaired) electrons. The number of hydrogen-bond acceptors (Lipinski definition) is 7. The zero-order valence-electron chi connectivity index (χ0n) is 23.7. The van der Waals surface area contributed by atoms with Crippen LogP contribution in [-0.4, -0.2) is 70.3 Å². The molecule has 1 aromatic carbocycles. The summed E-state index contributed by atoms with van der Waals surface area (Å²) >= 11 is 7.72. The molecule has 3 aromatic rings. The van der Waals surface area contributed by atoms with E-state index in [2.05, 4.69) is 24.6 Å². The molecule has 0 saturated heterocycles. The zero-order chi connectivity index (χ0) is 28.9. The van der Waals surface area contributed by atoms with Crippen LogP contribution >= 0.6 is 22.9 Å². The topological polar surface area (TPSA) is 75.2 Å². The molecule has 0 spiro atoms. The van der Waals surface area contributed by atoms with Crippen LogP contribution in [0.5, 0.6) is 5.75 Å². The van der Waals surface area contributed by atoms with Gasteiger partial charge in [-0.2, -0.15) is 0 Å². The van der Waals surface area contributed by atoms with Crippen molar-refractivity contribution in [2.45, 2.75) is 38.2 Å². The van der Waals surface area contributed by atoms with E-state index in [4.69, 9.17) is 21.1 Å². The van der Waals surface area contributed by atoms with Crippen molar-refractivity contribution in [2.75, 3.05) is 50.1 Å². The Hall–Kier alpha value is -3.08. The minimum absolute atomic E-state index is 0.135. The maximum atomic E-state index is 13.5. The number of amides is 2. The van der Waals surface area contributed by atoms with Crippen molar-refractivity contribution in [2.24, 2.45) is 0 Å². The molecular weight excluding hydrogens is 564 g/mol. The van der Waals surface area contributed by atoms with E-state index >= 15 is 0 Å². The highest BCUT2D eigenvalue weighted by molar-refractivity contribution is 7.10. The summed E-state index contributed by atoms with van der Waals surface area (Å²) in [5, 5.41) is 2.37. The third-order valence-electron chi connectivity index (χ3n) is 6.78. The number of halogens is 1. The molecule has 1 aliphatic rings. The average molecular weight is 601 g/mol. The second-order valence-electron chi connectivity index (χ2n) is 11.2. The number of nitrogens with zero attached hydrogens (tertiary/aromatic N) is 4. The van der Waals surface area contributed by atoms with Crippen LogP contribution in [0.1, 0.15) is 27.8 Å². The maximum Gasteiger partial charge on any atom is 0.409 e. The van der Waals surface area contributed by atoms with Crippen molar-refractivity contribution >= 4 is 54.4 Å². The lowest BCUT2D eigenvalue weighted by molar-refractivity contribution is 0.0989. The molecule has 2 amide bonds. The van der Waals surface area contributed by atoms with Crippen LogP contribution in [0.4, 0.5) is 16.2 Å². The summed E-state index contributed by atoms with van der Waals surface area (Å²) in [6.45, 7) is 8.86. The highest BCUT2D eigenvalue weighted by Crippen LogP contribution is 2.33. The molecule has 0 fully saturated rings. The van der Waals surface area contributed by atoms with Gasteiger partial charge in [0.15, 0.2) is 0 Å². The van der Waals surface area contributed by atoms with Gasteiger partial charge in [0.25, 0.3) is 5.91 Å². The molecular formula is C29H37ClN4O4SSi. The van der Waals surface area contributed by atoms with E-state index in [0.717, 1.165) is 22.3 Å². The monoisotopic (exact) mass is 600 g/mol. The Balaban J connectivity index is 1.46. The highest BCUT2D eigenvalue weighted by atomic mass is 35.5. The van der Waals surface area contributed by atoms with Gasteiger partial charge in [-0.15, -0.1) is 11.3 Å². The molecule has 1 unspecified atom stereocenters. The molecule has 8 nitrogen and oxygen atoms in total. The molecule has 1 aliphatic heterocycles. The number of fused-ring (bicyclic) bond motifs is 1. The summed E-state index contributed by atoms with van der Waals surface area (Å²) in [7, 11) is 2.42. The Labute approximate surface area is 246 Å². The molecule has 4 rings (SSSR count). The fraction of sp³-hybridized carbons (Fsp3) is 0.414. The molecule has 40 heavy (non-hydrogen) atoms. The van der Waals surface area contributed by atoms with Crippen LogP contribution in [0.2, 0.25) is 30.8 Å². The molecule has 3 heterocycles. The minimum atomic E-state index is -1.27. The normalized spacial score (nSPS) is 14.4. The SMILES string of the molecule is CN(CCC(Oc1cccc(N2CCN(C)c3cc(Cl)ncc3C2=O)c1)c1cccs1)C(=O)OCC[Si](C)(C)C. The van der Waals surface area contributed by atoms with Crippen molar-refractivity contribution in [3.8, 4) is 5.75 Å². The summed E-state index contributed by atoms with van der Waals surface area (Å²) in [5.74, 6) is 0.515. The lowest BCUT2D eigenvalue weighted by Gasteiger charge is -2.24. The number of benzene rings is 1. The first-order valence-corrected chi connectivity index (χ1v) is 18.3. The van der Waals surface area contributed by atoms with Gasteiger partial charge < -0.3 is 24.2 Å². The Kier molecular flexibility index (Phi) is 9.75. The first-order valence-electron chi connectivity index (χ1n) is 13.4. The molecule has 0 bridgehead atoms. The van der Waals surface area contributed by atoms with E-state index in [0.29, 0.717) is 49.1 Å². The van der Waals surface area contributed by atoms with Gasteiger partial charge in [0, 0.05) is 71.1 Å². The fourth-order valence-corrected chi connectivity index (χ4v) is 6.00. The lowest BCUT2D eigenvalue weighted by Crippen LogP contribution is -2.33. The third-order valence-corrected chi connectivity index (χ3v) is 9.65. The second kappa shape index (κ2) is 13.1. The van der Waals surface area contributed by atoms with Gasteiger partial charge in [-0.05, 0) is 35.7 Å². The summed E-state index contributed by atoms with van der Waals surface area (Å²) in [6, 6.07) is 14.3. The van der Waals surface area contributed by atoms with Gasteiger partial charge in [0.2, 0.25) is 0 Å². The van der Waals surface area contributed by atoms with E-state index in [1.807, 2.05) is 53.7 Å². The molecule has 0 saturated carbocycles.